The van der Waals surface area contributed by atoms with Crippen LogP contribution in [0.3, 0.4) is 0 Å². The molecule has 0 aliphatic heterocycles. The van der Waals surface area contributed by atoms with Crippen LogP contribution in [0.15, 0.2) is 18.2 Å². The van der Waals surface area contributed by atoms with Crippen LogP contribution in [0.1, 0.15) is 27.7 Å². The van der Waals surface area contributed by atoms with Gasteiger partial charge < -0.3 is 9.47 Å². The normalized spacial score (nSPS) is 13.9. The van der Waals surface area contributed by atoms with E-state index in [9.17, 15) is 13.6 Å². The Morgan fingerprint density at radius 1 is 1.33 bits per heavy atom. The monoisotopic (exact) mass is 301 g/mol. The van der Waals surface area contributed by atoms with Crippen molar-refractivity contribution in [1.29, 1.82) is 0 Å². The topological polar surface area (TPSA) is 47.6 Å². The van der Waals surface area contributed by atoms with Gasteiger partial charge in [0.15, 0.2) is 17.4 Å². The Morgan fingerprint density at radius 3 is 2.38 bits per heavy atom. The zero-order valence-electron chi connectivity index (χ0n) is 12.7. The van der Waals surface area contributed by atoms with Gasteiger partial charge in [-0.2, -0.15) is 0 Å². The lowest BCUT2D eigenvalue weighted by atomic mass is 10.0. The Kier molecular flexibility index (Phi) is 6.08. The van der Waals surface area contributed by atoms with E-state index in [1.807, 2.05) is 13.8 Å². The van der Waals surface area contributed by atoms with Gasteiger partial charge in [-0.05, 0) is 39.8 Å². The van der Waals surface area contributed by atoms with Crippen molar-refractivity contribution in [2.75, 3.05) is 13.2 Å². The summed E-state index contributed by atoms with van der Waals surface area (Å²) in [6.45, 7) is 6.92. The van der Waals surface area contributed by atoms with E-state index in [0.717, 1.165) is 12.1 Å². The number of carbonyl (C=O) groups excluding carboxylic acids is 1. The van der Waals surface area contributed by atoms with Gasteiger partial charge in [-0.25, -0.2) is 13.6 Å². The van der Waals surface area contributed by atoms with Crippen LogP contribution in [0.4, 0.5) is 8.78 Å². The summed E-state index contributed by atoms with van der Waals surface area (Å²) >= 11 is 0. The van der Waals surface area contributed by atoms with Gasteiger partial charge in [0.2, 0.25) is 0 Å². The van der Waals surface area contributed by atoms with Crippen LogP contribution in [-0.2, 0) is 9.53 Å². The molecule has 6 heteroatoms. The number of hydrogen-bond acceptors (Lipinski definition) is 4. The van der Waals surface area contributed by atoms with Crippen molar-refractivity contribution >= 4 is 5.97 Å². The molecule has 0 bridgehead atoms. The number of hydrogen-bond donors (Lipinski definition) is 1. The van der Waals surface area contributed by atoms with E-state index in [1.165, 1.54) is 6.07 Å². The fourth-order valence-corrected chi connectivity index (χ4v) is 1.92. The quantitative estimate of drug-likeness (QED) is 0.787. The summed E-state index contributed by atoms with van der Waals surface area (Å²) in [5.41, 5.74) is -1.20. The summed E-state index contributed by atoms with van der Waals surface area (Å²) < 4.78 is 37.2. The average Bonchev–Trinajstić information content (AvgIpc) is 2.37. The van der Waals surface area contributed by atoms with Crippen molar-refractivity contribution in [3.63, 3.8) is 0 Å². The zero-order chi connectivity index (χ0) is 16.0. The van der Waals surface area contributed by atoms with Crippen LogP contribution < -0.4 is 10.1 Å². The Labute approximate surface area is 123 Å². The second-order valence-electron chi connectivity index (χ2n) is 5.19. The minimum atomic E-state index is -1.20. The van der Waals surface area contributed by atoms with E-state index in [-0.39, 0.29) is 19.3 Å². The molecule has 0 saturated carbocycles. The number of halogens is 2. The van der Waals surface area contributed by atoms with E-state index in [0.29, 0.717) is 0 Å². The van der Waals surface area contributed by atoms with Gasteiger partial charge in [0.25, 0.3) is 0 Å². The second kappa shape index (κ2) is 7.36. The molecule has 0 saturated heterocycles. The molecule has 1 N–H and O–H groups in total. The minimum absolute atomic E-state index is 0.0338. The third kappa shape index (κ3) is 4.67. The molecule has 1 aromatic rings. The first-order valence-electron chi connectivity index (χ1n) is 6.82. The maximum absolute atomic E-state index is 13.5. The van der Waals surface area contributed by atoms with E-state index in [1.54, 1.807) is 13.8 Å². The van der Waals surface area contributed by atoms with Gasteiger partial charge in [-0.1, -0.05) is 6.07 Å². The van der Waals surface area contributed by atoms with Gasteiger partial charge in [-0.3, -0.25) is 5.32 Å². The van der Waals surface area contributed by atoms with Crippen LogP contribution in [-0.4, -0.2) is 30.8 Å². The van der Waals surface area contributed by atoms with E-state index in [2.05, 4.69) is 5.32 Å². The van der Waals surface area contributed by atoms with E-state index in [4.69, 9.17) is 9.47 Å². The molecular formula is C15H21F2NO3. The standard InChI is InChI=1S/C15H21F2NO3/c1-5-20-14(19)15(4,18-10(2)3)9-21-13-11(16)7-6-8-12(13)17/h6-8,10,18H,5,9H2,1-4H3. The van der Waals surface area contributed by atoms with Crippen molar-refractivity contribution in [2.45, 2.75) is 39.3 Å². The molecule has 0 aliphatic rings. The number of rotatable bonds is 7. The Bertz CT molecular complexity index is 474. The lowest BCUT2D eigenvalue weighted by molar-refractivity contribution is -0.152. The molecule has 0 amide bonds. The van der Waals surface area contributed by atoms with Crippen LogP contribution in [0.2, 0.25) is 0 Å². The third-order valence-corrected chi connectivity index (χ3v) is 2.76. The van der Waals surface area contributed by atoms with Crippen molar-refractivity contribution in [3.05, 3.63) is 29.8 Å². The molecule has 0 heterocycles. The molecule has 0 aliphatic carbocycles. The van der Waals surface area contributed by atoms with Crippen LogP contribution in [0.25, 0.3) is 0 Å². The van der Waals surface area contributed by atoms with Gasteiger partial charge in [0.1, 0.15) is 12.1 Å². The summed E-state index contributed by atoms with van der Waals surface area (Å²) in [5.74, 6) is -2.66. The predicted molar refractivity (Wildman–Crippen MR) is 75.2 cm³/mol. The van der Waals surface area contributed by atoms with Crippen LogP contribution >= 0.6 is 0 Å². The summed E-state index contributed by atoms with van der Waals surface area (Å²) in [4.78, 5) is 12.0. The summed E-state index contributed by atoms with van der Waals surface area (Å²) in [6.07, 6.45) is 0. The highest BCUT2D eigenvalue weighted by Gasteiger charge is 2.36. The van der Waals surface area contributed by atoms with Crippen molar-refractivity contribution < 1.29 is 23.0 Å². The number of benzene rings is 1. The zero-order valence-corrected chi connectivity index (χ0v) is 12.7. The van der Waals surface area contributed by atoms with Gasteiger partial charge in [-0.15, -0.1) is 0 Å². The second-order valence-corrected chi connectivity index (χ2v) is 5.19. The Balaban J connectivity index is 2.89. The first-order chi connectivity index (χ1) is 9.80. The highest BCUT2D eigenvalue weighted by atomic mass is 19.1. The first-order valence-corrected chi connectivity index (χ1v) is 6.82. The highest BCUT2D eigenvalue weighted by Crippen LogP contribution is 2.22. The summed E-state index contributed by atoms with van der Waals surface area (Å²) in [7, 11) is 0. The fraction of sp³-hybridized carbons (Fsp3) is 0.533. The van der Waals surface area contributed by atoms with Crippen molar-refractivity contribution in [1.82, 2.24) is 5.32 Å². The fourth-order valence-electron chi connectivity index (χ4n) is 1.92. The molecule has 4 nitrogen and oxygen atoms in total. The highest BCUT2D eigenvalue weighted by molar-refractivity contribution is 5.80. The predicted octanol–water partition coefficient (Wildman–Crippen LogP) is 2.66. The van der Waals surface area contributed by atoms with Gasteiger partial charge in [0.05, 0.1) is 6.61 Å². The maximum Gasteiger partial charge on any atom is 0.329 e. The van der Waals surface area contributed by atoms with Crippen molar-refractivity contribution in [3.8, 4) is 5.75 Å². The molecule has 1 unspecified atom stereocenters. The molecular weight excluding hydrogens is 280 g/mol. The first kappa shape index (κ1) is 17.4. The van der Waals surface area contributed by atoms with Crippen molar-refractivity contribution in [2.24, 2.45) is 0 Å². The van der Waals surface area contributed by atoms with E-state index < -0.39 is 28.9 Å². The maximum atomic E-state index is 13.5. The molecule has 1 rings (SSSR count). The number of nitrogens with one attached hydrogen (secondary N) is 1. The lowest BCUT2D eigenvalue weighted by Crippen LogP contribution is -2.57. The van der Waals surface area contributed by atoms with Gasteiger partial charge >= 0.3 is 5.97 Å². The number of carbonyl (C=O) groups is 1. The smallest absolute Gasteiger partial charge is 0.329 e. The Morgan fingerprint density at radius 2 is 1.90 bits per heavy atom. The molecule has 0 fully saturated rings. The van der Waals surface area contributed by atoms with Crippen LogP contribution in [0, 0.1) is 11.6 Å². The molecule has 118 valence electrons. The summed E-state index contributed by atoms with van der Waals surface area (Å²) in [6, 6.07) is 3.40. The number of esters is 1. The molecule has 0 aromatic heterocycles. The SMILES string of the molecule is CCOC(=O)C(C)(COc1c(F)cccc1F)NC(C)C. The Hall–Kier alpha value is -1.69. The molecule has 1 atom stereocenters. The largest absolute Gasteiger partial charge is 0.485 e. The lowest BCUT2D eigenvalue weighted by Gasteiger charge is -2.30. The molecule has 0 radical (unpaired) electrons. The van der Waals surface area contributed by atoms with Gasteiger partial charge in [0, 0.05) is 6.04 Å². The molecule has 0 spiro atoms. The average molecular weight is 301 g/mol. The van der Waals surface area contributed by atoms with Crippen LogP contribution in [0.5, 0.6) is 5.75 Å². The van der Waals surface area contributed by atoms with E-state index >= 15 is 0 Å². The molecule has 1 aromatic carbocycles. The molecule has 21 heavy (non-hydrogen) atoms. The third-order valence-electron chi connectivity index (χ3n) is 2.76. The summed E-state index contributed by atoms with van der Waals surface area (Å²) in [5, 5.41) is 3.01. The number of para-hydroxylation sites is 1. The number of ether oxygens (including phenoxy) is 2. The minimum Gasteiger partial charge on any atom is -0.485 e.